The molecule has 9 heteroatoms. The minimum absolute atomic E-state index is 0.00903. The highest BCUT2D eigenvalue weighted by Gasteiger charge is 2.52. The Morgan fingerprint density at radius 2 is 1.97 bits per heavy atom. The minimum Gasteiger partial charge on any atom is -0.348 e. The standard InChI is InChI=1S/C26H33N5O3S/c1-4-20(32)28-17-9-6-10-18(17)29-24(33)23-22-21-19(11-12-27-25(21)35-23)31(26(34)30-22)16-8-5-7-15(13-16)14(2)3/h4-5,7-8,13-14,17-19,21,25,27H,1,6,9-12H2,2-3H3,(H,28,32)(H,29,33)(H,30,34)/t17-,18+,19?,21?,25?/m0/s1. The highest BCUT2D eigenvalue weighted by Crippen LogP contribution is 2.48. The first-order valence-corrected chi connectivity index (χ1v) is 13.3. The van der Waals surface area contributed by atoms with Gasteiger partial charge in [0.2, 0.25) is 5.91 Å². The molecule has 5 atom stereocenters. The number of nitrogens with zero attached hydrogens (tertiary/aromatic N) is 1. The van der Waals surface area contributed by atoms with Crippen LogP contribution < -0.4 is 26.2 Å². The van der Waals surface area contributed by atoms with Crippen molar-refractivity contribution < 1.29 is 14.4 Å². The Bertz CT molecular complexity index is 1090. The van der Waals surface area contributed by atoms with Crippen LogP contribution in [0.25, 0.3) is 0 Å². The average Bonchev–Trinajstić information content (AvgIpc) is 3.44. The van der Waals surface area contributed by atoms with E-state index >= 15 is 0 Å². The van der Waals surface area contributed by atoms with E-state index in [9.17, 15) is 14.4 Å². The fourth-order valence-electron chi connectivity index (χ4n) is 5.74. The third kappa shape index (κ3) is 4.47. The second-order valence-electron chi connectivity index (χ2n) is 10.00. The Morgan fingerprint density at radius 3 is 2.71 bits per heavy atom. The van der Waals surface area contributed by atoms with E-state index in [0.717, 1.165) is 43.6 Å². The van der Waals surface area contributed by atoms with Gasteiger partial charge in [-0.2, -0.15) is 0 Å². The summed E-state index contributed by atoms with van der Waals surface area (Å²) in [5.41, 5.74) is 2.81. The molecule has 0 radical (unpaired) electrons. The van der Waals surface area contributed by atoms with Gasteiger partial charge in [-0.05, 0) is 61.9 Å². The van der Waals surface area contributed by atoms with Gasteiger partial charge in [0.1, 0.15) is 0 Å². The van der Waals surface area contributed by atoms with Crippen LogP contribution in [-0.2, 0) is 9.59 Å². The lowest BCUT2D eigenvalue weighted by Gasteiger charge is -2.46. The van der Waals surface area contributed by atoms with E-state index in [0.29, 0.717) is 10.8 Å². The Labute approximate surface area is 210 Å². The van der Waals surface area contributed by atoms with Crippen LogP contribution in [0.5, 0.6) is 0 Å². The lowest BCUT2D eigenvalue weighted by atomic mass is 9.86. The van der Waals surface area contributed by atoms with Gasteiger partial charge in [-0.25, -0.2) is 4.79 Å². The first-order chi connectivity index (χ1) is 16.9. The molecule has 0 aromatic heterocycles. The first-order valence-electron chi connectivity index (χ1n) is 12.5. The topological polar surface area (TPSA) is 103 Å². The molecule has 3 heterocycles. The lowest BCUT2D eigenvalue weighted by molar-refractivity contribution is -0.119. The number of nitrogens with one attached hydrogen (secondary N) is 4. The third-order valence-corrected chi connectivity index (χ3v) is 8.86. The van der Waals surface area contributed by atoms with Gasteiger partial charge in [0, 0.05) is 29.4 Å². The summed E-state index contributed by atoms with van der Waals surface area (Å²) in [5, 5.41) is 12.7. The predicted molar refractivity (Wildman–Crippen MR) is 138 cm³/mol. The molecule has 4 amide bonds. The maximum atomic E-state index is 13.4. The quantitative estimate of drug-likeness (QED) is 0.455. The third-order valence-electron chi connectivity index (χ3n) is 7.51. The van der Waals surface area contributed by atoms with Gasteiger partial charge in [-0.3, -0.25) is 14.5 Å². The summed E-state index contributed by atoms with van der Waals surface area (Å²) in [5.74, 6) is -0.0327. The highest BCUT2D eigenvalue weighted by atomic mass is 32.2. The molecule has 3 unspecified atom stereocenters. The van der Waals surface area contributed by atoms with Crippen LogP contribution in [0.1, 0.15) is 51.0 Å². The number of rotatable bonds is 6. The average molecular weight is 496 g/mol. The number of urea groups is 1. The maximum absolute atomic E-state index is 13.4. The predicted octanol–water partition coefficient (Wildman–Crippen LogP) is 2.94. The lowest BCUT2D eigenvalue weighted by Crippen LogP contribution is -2.62. The number of piperidine rings is 1. The van der Waals surface area contributed by atoms with Crippen molar-refractivity contribution in [2.45, 2.75) is 68.9 Å². The molecule has 1 aromatic carbocycles. The monoisotopic (exact) mass is 495 g/mol. The second kappa shape index (κ2) is 9.70. The molecule has 4 N–H and O–H groups in total. The highest BCUT2D eigenvalue weighted by molar-refractivity contribution is 8.04. The van der Waals surface area contributed by atoms with Gasteiger partial charge >= 0.3 is 6.03 Å². The first kappa shape index (κ1) is 23.9. The molecule has 3 aliphatic heterocycles. The summed E-state index contributed by atoms with van der Waals surface area (Å²) in [6.45, 7) is 8.59. The molecular weight excluding hydrogens is 462 g/mol. The van der Waals surface area contributed by atoms with Crippen LogP contribution in [0.15, 0.2) is 47.5 Å². The van der Waals surface area contributed by atoms with Gasteiger partial charge in [0.15, 0.2) is 0 Å². The van der Waals surface area contributed by atoms with E-state index in [-0.39, 0.29) is 47.3 Å². The molecular formula is C26H33N5O3S. The van der Waals surface area contributed by atoms with Crippen LogP contribution in [0.3, 0.4) is 0 Å². The van der Waals surface area contributed by atoms with Crippen molar-refractivity contribution in [1.29, 1.82) is 0 Å². The van der Waals surface area contributed by atoms with Gasteiger partial charge in [-0.1, -0.05) is 44.3 Å². The maximum Gasteiger partial charge on any atom is 0.326 e. The van der Waals surface area contributed by atoms with Crippen molar-refractivity contribution in [3.05, 3.63) is 53.1 Å². The van der Waals surface area contributed by atoms with Gasteiger partial charge in [0.25, 0.3) is 5.91 Å². The molecule has 186 valence electrons. The van der Waals surface area contributed by atoms with Crippen molar-refractivity contribution >= 4 is 35.3 Å². The molecule has 1 aromatic rings. The van der Waals surface area contributed by atoms with Crippen LogP contribution in [-0.4, -0.2) is 47.9 Å². The molecule has 1 saturated carbocycles. The van der Waals surface area contributed by atoms with E-state index in [4.69, 9.17) is 0 Å². The summed E-state index contributed by atoms with van der Waals surface area (Å²) in [4.78, 5) is 41.1. The fraction of sp³-hybridized carbons (Fsp3) is 0.500. The summed E-state index contributed by atoms with van der Waals surface area (Å²) in [7, 11) is 0. The molecule has 35 heavy (non-hydrogen) atoms. The Hall–Kier alpha value is -2.78. The SMILES string of the molecule is C=CC(=O)N[C@H]1CCC[C@H]1NC(=O)C1=C2NC(=O)N(c3cccc(C(C)C)c3)C3CCNC(S1)C23. The Kier molecular flexibility index (Phi) is 6.63. The normalized spacial score (nSPS) is 29.6. The summed E-state index contributed by atoms with van der Waals surface area (Å²) in [6.07, 6.45) is 4.63. The largest absolute Gasteiger partial charge is 0.348 e. The number of carbonyl (C=O) groups is 3. The van der Waals surface area contributed by atoms with Crippen molar-refractivity contribution in [3.63, 3.8) is 0 Å². The molecule has 1 aliphatic carbocycles. The summed E-state index contributed by atoms with van der Waals surface area (Å²) < 4.78 is 0. The summed E-state index contributed by atoms with van der Waals surface area (Å²) in [6, 6.07) is 7.74. The zero-order valence-corrected chi connectivity index (χ0v) is 21.0. The number of hydrogen-bond donors (Lipinski definition) is 4. The van der Waals surface area contributed by atoms with E-state index in [1.807, 2.05) is 17.0 Å². The Morgan fingerprint density at radius 1 is 1.20 bits per heavy atom. The van der Waals surface area contributed by atoms with Gasteiger partial charge in [0.05, 0.1) is 16.3 Å². The van der Waals surface area contributed by atoms with Crippen molar-refractivity contribution in [2.24, 2.45) is 5.92 Å². The van der Waals surface area contributed by atoms with Crippen molar-refractivity contribution in [2.75, 3.05) is 11.4 Å². The smallest absolute Gasteiger partial charge is 0.326 e. The van der Waals surface area contributed by atoms with E-state index in [2.05, 4.69) is 53.8 Å². The molecule has 3 fully saturated rings. The van der Waals surface area contributed by atoms with Crippen LogP contribution >= 0.6 is 11.8 Å². The fourth-order valence-corrected chi connectivity index (χ4v) is 7.14. The number of benzene rings is 1. The van der Waals surface area contributed by atoms with Crippen molar-refractivity contribution in [1.82, 2.24) is 21.3 Å². The number of amides is 4. The van der Waals surface area contributed by atoms with Crippen LogP contribution in [0.4, 0.5) is 10.5 Å². The molecule has 4 aliphatic rings. The van der Waals surface area contributed by atoms with Crippen molar-refractivity contribution in [3.8, 4) is 0 Å². The molecule has 2 saturated heterocycles. The number of thioether (sulfide) groups is 1. The molecule has 0 bridgehead atoms. The molecule has 0 spiro atoms. The second-order valence-corrected chi connectivity index (χ2v) is 11.1. The zero-order chi connectivity index (χ0) is 24.7. The minimum atomic E-state index is -0.229. The number of anilines is 1. The number of hydrogen-bond acceptors (Lipinski definition) is 5. The van der Waals surface area contributed by atoms with E-state index < -0.39 is 0 Å². The van der Waals surface area contributed by atoms with Crippen LogP contribution in [0.2, 0.25) is 0 Å². The number of carbonyl (C=O) groups excluding carboxylic acids is 3. The van der Waals surface area contributed by atoms with E-state index in [1.54, 1.807) is 0 Å². The summed E-state index contributed by atoms with van der Waals surface area (Å²) >= 11 is 1.50. The Balaban J connectivity index is 1.39. The van der Waals surface area contributed by atoms with E-state index in [1.165, 1.54) is 23.4 Å². The van der Waals surface area contributed by atoms with Gasteiger partial charge in [-0.15, -0.1) is 0 Å². The van der Waals surface area contributed by atoms with Crippen LogP contribution in [0, 0.1) is 5.92 Å². The zero-order valence-electron chi connectivity index (χ0n) is 20.2. The molecule has 8 nitrogen and oxygen atoms in total. The van der Waals surface area contributed by atoms with Gasteiger partial charge < -0.3 is 21.3 Å². The molecule has 5 rings (SSSR count).